The summed E-state index contributed by atoms with van der Waals surface area (Å²) >= 11 is 0. The minimum atomic E-state index is -0.491. The number of amides is 1. The van der Waals surface area contributed by atoms with Crippen LogP contribution in [0.2, 0.25) is 0 Å². The Morgan fingerprint density at radius 2 is 2.17 bits per heavy atom. The van der Waals surface area contributed by atoms with Crippen molar-refractivity contribution in [3.8, 4) is 0 Å². The highest BCUT2D eigenvalue weighted by Gasteiger charge is 2.30. The van der Waals surface area contributed by atoms with Crippen molar-refractivity contribution in [2.75, 3.05) is 13.2 Å². The van der Waals surface area contributed by atoms with Crippen molar-refractivity contribution in [3.63, 3.8) is 0 Å². The van der Waals surface area contributed by atoms with Gasteiger partial charge in [0.2, 0.25) is 0 Å². The van der Waals surface area contributed by atoms with Crippen LogP contribution in [0.15, 0.2) is 24.3 Å². The van der Waals surface area contributed by atoms with Gasteiger partial charge in [-0.15, -0.1) is 0 Å². The van der Waals surface area contributed by atoms with Crippen LogP contribution in [0.4, 0.5) is 4.39 Å². The van der Waals surface area contributed by atoms with Crippen molar-refractivity contribution in [2.24, 2.45) is 7.05 Å². The van der Waals surface area contributed by atoms with E-state index in [0.717, 1.165) is 5.69 Å². The lowest BCUT2D eigenvalue weighted by Gasteiger charge is -2.27. The van der Waals surface area contributed by atoms with E-state index in [1.165, 1.54) is 18.2 Å². The molecule has 0 aliphatic carbocycles. The third-order valence-electron chi connectivity index (χ3n) is 4.07. The molecule has 7 heteroatoms. The predicted molar refractivity (Wildman–Crippen MR) is 84.0 cm³/mol. The number of carbonyl (C=O) groups is 2. The molecule has 1 aliphatic rings. The minimum Gasteiger partial charge on any atom is -0.461 e. The van der Waals surface area contributed by atoms with E-state index in [0.29, 0.717) is 24.1 Å². The molecule has 0 spiro atoms. The van der Waals surface area contributed by atoms with Crippen LogP contribution in [-0.2, 0) is 24.8 Å². The molecule has 0 N–H and O–H groups in total. The molecule has 6 nitrogen and oxygen atoms in total. The number of hydrogen-bond acceptors (Lipinski definition) is 4. The molecule has 2 aromatic rings. The molecule has 126 valence electrons. The van der Waals surface area contributed by atoms with E-state index in [9.17, 15) is 14.0 Å². The van der Waals surface area contributed by atoms with Crippen molar-refractivity contribution in [3.05, 3.63) is 52.6 Å². The maximum absolute atomic E-state index is 13.3. The van der Waals surface area contributed by atoms with Crippen LogP contribution in [0.25, 0.3) is 0 Å². The van der Waals surface area contributed by atoms with Crippen LogP contribution in [0.1, 0.15) is 39.0 Å². The normalized spacial score (nSPS) is 13.5. The number of carbonyl (C=O) groups excluding carboxylic acids is 2. The standard InChI is InChI=1S/C17H18FN3O3/c1-3-24-17(23)15-13-10-21(8-7-14(13)20(2)19-15)16(22)11-5-4-6-12(18)9-11/h4-6,9H,3,7-8,10H2,1-2H3. The maximum atomic E-state index is 13.3. The summed E-state index contributed by atoms with van der Waals surface area (Å²) in [5, 5.41) is 4.24. The van der Waals surface area contributed by atoms with Gasteiger partial charge in [-0.25, -0.2) is 9.18 Å². The van der Waals surface area contributed by atoms with Crippen LogP contribution >= 0.6 is 0 Å². The van der Waals surface area contributed by atoms with Gasteiger partial charge >= 0.3 is 5.97 Å². The van der Waals surface area contributed by atoms with Crippen LogP contribution in [0.5, 0.6) is 0 Å². The molecule has 0 saturated heterocycles. The Morgan fingerprint density at radius 3 is 2.88 bits per heavy atom. The molecule has 2 heterocycles. The van der Waals surface area contributed by atoms with Crippen molar-refractivity contribution in [1.82, 2.24) is 14.7 Å². The van der Waals surface area contributed by atoms with Crippen molar-refractivity contribution in [1.29, 1.82) is 0 Å². The van der Waals surface area contributed by atoms with Gasteiger partial charge in [-0.3, -0.25) is 9.48 Å². The van der Waals surface area contributed by atoms with Gasteiger partial charge in [0, 0.05) is 36.8 Å². The van der Waals surface area contributed by atoms with Crippen LogP contribution in [0, 0.1) is 5.82 Å². The highest BCUT2D eigenvalue weighted by molar-refractivity contribution is 5.95. The molecule has 24 heavy (non-hydrogen) atoms. The lowest BCUT2D eigenvalue weighted by Crippen LogP contribution is -2.36. The number of benzene rings is 1. The van der Waals surface area contributed by atoms with Crippen molar-refractivity contribution >= 4 is 11.9 Å². The number of ether oxygens (including phenoxy) is 1. The van der Waals surface area contributed by atoms with Crippen LogP contribution in [0.3, 0.4) is 0 Å². The summed E-state index contributed by atoms with van der Waals surface area (Å²) < 4.78 is 20.0. The van der Waals surface area contributed by atoms with E-state index in [4.69, 9.17) is 4.74 Å². The fraction of sp³-hybridized carbons (Fsp3) is 0.353. The van der Waals surface area contributed by atoms with Crippen molar-refractivity contribution < 1.29 is 18.7 Å². The van der Waals surface area contributed by atoms with Gasteiger partial charge in [0.15, 0.2) is 5.69 Å². The van der Waals surface area contributed by atoms with Gasteiger partial charge in [-0.2, -0.15) is 5.10 Å². The highest BCUT2D eigenvalue weighted by atomic mass is 19.1. The summed E-state index contributed by atoms with van der Waals surface area (Å²) in [5.41, 5.74) is 2.15. The molecule has 1 aromatic carbocycles. The van der Waals surface area contributed by atoms with E-state index >= 15 is 0 Å². The Labute approximate surface area is 138 Å². The summed E-state index contributed by atoms with van der Waals surface area (Å²) in [6, 6.07) is 5.60. The molecule has 0 bridgehead atoms. The van der Waals surface area contributed by atoms with Gasteiger partial charge in [-0.05, 0) is 25.1 Å². The summed E-state index contributed by atoms with van der Waals surface area (Å²) in [5.74, 6) is -1.21. The molecule has 0 radical (unpaired) electrons. The number of fused-ring (bicyclic) bond motifs is 1. The number of rotatable bonds is 3. The van der Waals surface area contributed by atoms with Gasteiger partial charge in [-0.1, -0.05) is 6.07 Å². The highest BCUT2D eigenvalue weighted by Crippen LogP contribution is 2.24. The smallest absolute Gasteiger partial charge is 0.359 e. The molecular formula is C17H18FN3O3. The molecule has 1 aliphatic heterocycles. The Balaban J connectivity index is 1.88. The Bertz CT molecular complexity index is 800. The molecule has 3 rings (SSSR count). The molecule has 0 fully saturated rings. The predicted octanol–water partition coefficient (Wildman–Crippen LogP) is 1.93. The quantitative estimate of drug-likeness (QED) is 0.806. The molecular weight excluding hydrogens is 313 g/mol. The lowest BCUT2D eigenvalue weighted by atomic mass is 10.0. The second kappa shape index (κ2) is 6.43. The first-order valence-corrected chi connectivity index (χ1v) is 7.78. The Morgan fingerprint density at radius 1 is 1.38 bits per heavy atom. The molecule has 0 atom stereocenters. The van der Waals surface area contributed by atoms with Gasteiger partial charge in [0.1, 0.15) is 5.82 Å². The zero-order valence-corrected chi connectivity index (χ0v) is 13.6. The fourth-order valence-electron chi connectivity index (χ4n) is 2.93. The monoisotopic (exact) mass is 331 g/mol. The van der Waals surface area contributed by atoms with Crippen LogP contribution in [-0.4, -0.2) is 39.7 Å². The Hall–Kier alpha value is -2.70. The molecule has 0 unspecified atom stereocenters. The largest absolute Gasteiger partial charge is 0.461 e. The zero-order chi connectivity index (χ0) is 17.3. The topological polar surface area (TPSA) is 64.4 Å². The van der Waals surface area contributed by atoms with Gasteiger partial charge in [0.05, 0.1) is 13.2 Å². The second-order valence-corrected chi connectivity index (χ2v) is 5.60. The number of halogens is 1. The molecule has 0 saturated carbocycles. The van der Waals surface area contributed by atoms with E-state index in [-0.39, 0.29) is 24.8 Å². The summed E-state index contributed by atoms with van der Waals surface area (Å²) in [4.78, 5) is 26.3. The number of aromatic nitrogens is 2. The van der Waals surface area contributed by atoms with Crippen molar-refractivity contribution in [2.45, 2.75) is 19.9 Å². The minimum absolute atomic E-state index is 0.242. The average Bonchev–Trinajstić information content (AvgIpc) is 2.91. The first-order chi connectivity index (χ1) is 11.5. The maximum Gasteiger partial charge on any atom is 0.359 e. The van der Waals surface area contributed by atoms with Gasteiger partial charge in [0.25, 0.3) is 5.91 Å². The lowest BCUT2D eigenvalue weighted by molar-refractivity contribution is 0.0513. The molecule has 1 amide bonds. The number of hydrogen-bond donors (Lipinski definition) is 0. The van der Waals surface area contributed by atoms with Gasteiger partial charge < -0.3 is 9.64 Å². The molecule has 1 aromatic heterocycles. The van der Waals surface area contributed by atoms with E-state index in [2.05, 4.69) is 5.10 Å². The number of esters is 1. The van der Waals surface area contributed by atoms with E-state index < -0.39 is 11.8 Å². The first kappa shape index (κ1) is 16.2. The van der Waals surface area contributed by atoms with Crippen LogP contribution < -0.4 is 0 Å². The Kier molecular flexibility index (Phi) is 4.33. The second-order valence-electron chi connectivity index (χ2n) is 5.60. The fourth-order valence-corrected chi connectivity index (χ4v) is 2.93. The summed E-state index contributed by atoms with van der Waals surface area (Å²) in [6.07, 6.45) is 0.583. The van der Waals surface area contributed by atoms with E-state index in [1.807, 2.05) is 0 Å². The number of aryl methyl sites for hydroxylation is 1. The van der Waals surface area contributed by atoms with E-state index in [1.54, 1.807) is 29.6 Å². The SMILES string of the molecule is CCOC(=O)c1nn(C)c2c1CN(C(=O)c1cccc(F)c1)CC2. The zero-order valence-electron chi connectivity index (χ0n) is 13.6. The average molecular weight is 331 g/mol. The summed E-state index contributed by atoms with van der Waals surface area (Å²) in [6.45, 7) is 2.74. The third-order valence-corrected chi connectivity index (χ3v) is 4.07. The third kappa shape index (κ3) is 2.89. The number of nitrogens with zero attached hydrogens (tertiary/aromatic N) is 3. The summed E-state index contributed by atoms with van der Waals surface area (Å²) in [7, 11) is 1.77. The first-order valence-electron chi connectivity index (χ1n) is 7.78.